The van der Waals surface area contributed by atoms with Crippen LogP contribution in [0.2, 0.25) is 0 Å². The summed E-state index contributed by atoms with van der Waals surface area (Å²) >= 11 is 4.59. The maximum Gasteiger partial charge on any atom is 0.171 e. The van der Waals surface area contributed by atoms with E-state index in [-0.39, 0.29) is 16.1 Å². The van der Waals surface area contributed by atoms with Crippen LogP contribution in [0.3, 0.4) is 0 Å². The van der Waals surface area contributed by atoms with Gasteiger partial charge in [0.05, 0.1) is 4.47 Å². The SMILES string of the molecule is CCCCSc1ccc(/C(N)=N/O)c(Br)c1F. The van der Waals surface area contributed by atoms with E-state index in [1.807, 2.05) is 0 Å². The molecule has 17 heavy (non-hydrogen) atoms. The highest BCUT2D eigenvalue weighted by Gasteiger charge is 2.13. The molecule has 3 nitrogen and oxygen atoms in total. The van der Waals surface area contributed by atoms with Crippen LogP contribution in [0.5, 0.6) is 0 Å². The van der Waals surface area contributed by atoms with Gasteiger partial charge in [-0.05, 0) is 40.2 Å². The molecule has 0 spiro atoms. The zero-order chi connectivity index (χ0) is 12.8. The van der Waals surface area contributed by atoms with Gasteiger partial charge in [-0.2, -0.15) is 0 Å². The predicted molar refractivity (Wildman–Crippen MR) is 72.2 cm³/mol. The molecule has 94 valence electrons. The molecule has 0 aliphatic carbocycles. The molecule has 0 saturated heterocycles. The van der Waals surface area contributed by atoms with Gasteiger partial charge in [0, 0.05) is 10.5 Å². The van der Waals surface area contributed by atoms with Crippen molar-refractivity contribution in [2.45, 2.75) is 24.7 Å². The topological polar surface area (TPSA) is 58.6 Å². The standard InChI is InChI=1S/C11H14BrFN2OS/c1-2-3-6-17-8-5-4-7(11(14)15-16)9(12)10(8)13/h4-5,16H,2-3,6H2,1H3,(H2,14,15). The molecule has 0 heterocycles. The number of rotatable bonds is 5. The number of hydrogen-bond acceptors (Lipinski definition) is 3. The van der Waals surface area contributed by atoms with Crippen molar-refractivity contribution in [3.05, 3.63) is 28.0 Å². The minimum absolute atomic E-state index is 0.110. The van der Waals surface area contributed by atoms with E-state index in [1.54, 1.807) is 12.1 Å². The van der Waals surface area contributed by atoms with Crippen LogP contribution in [0.4, 0.5) is 4.39 Å². The normalized spacial score (nSPS) is 11.8. The average molecular weight is 321 g/mol. The number of amidine groups is 1. The van der Waals surface area contributed by atoms with Crippen molar-refractivity contribution in [2.24, 2.45) is 10.9 Å². The largest absolute Gasteiger partial charge is 0.409 e. The first kappa shape index (κ1) is 14.3. The van der Waals surface area contributed by atoms with Gasteiger partial charge >= 0.3 is 0 Å². The zero-order valence-electron chi connectivity index (χ0n) is 9.41. The highest BCUT2D eigenvalue weighted by molar-refractivity contribution is 9.10. The Balaban J connectivity index is 2.94. The van der Waals surface area contributed by atoms with Gasteiger partial charge in [0.25, 0.3) is 0 Å². The molecule has 0 aromatic heterocycles. The molecule has 0 aliphatic heterocycles. The summed E-state index contributed by atoms with van der Waals surface area (Å²) < 4.78 is 14.2. The first-order chi connectivity index (χ1) is 8.11. The molecule has 0 aliphatic rings. The van der Waals surface area contributed by atoms with E-state index in [0.29, 0.717) is 10.5 Å². The first-order valence-corrected chi connectivity index (χ1v) is 6.98. The smallest absolute Gasteiger partial charge is 0.171 e. The molecule has 1 rings (SSSR count). The van der Waals surface area contributed by atoms with E-state index in [1.165, 1.54) is 11.8 Å². The maximum atomic E-state index is 13.9. The minimum atomic E-state index is -0.366. The molecule has 0 bridgehead atoms. The fourth-order valence-corrected chi connectivity index (χ4v) is 2.95. The number of benzene rings is 1. The van der Waals surface area contributed by atoms with Gasteiger partial charge in [-0.25, -0.2) is 4.39 Å². The zero-order valence-corrected chi connectivity index (χ0v) is 11.8. The van der Waals surface area contributed by atoms with E-state index >= 15 is 0 Å². The highest BCUT2D eigenvalue weighted by Crippen LogP contribution is 2.30. The summed E-state index contributed by atoms with van der Waals surface area (Å²) in [6.45, 7) is 2.09. The van der Waals surface area contributed by atoms with Crippen LogP contribution in [0.15, 0.2) is 26.7 Å². The van der Waals surface area contributed by atoms with Crippen LogP contribution >= 0.6 is 27.7 Å². The van der Waals surface area contributed by atoms with E-state index < -0.39 is 0 Å². The fraction of sp³-hybridized carbons (Fsp3) is 0.364. The number of nitrogens with zero attached hydrogens (tertiary/aromatic N) is 1. The van der Waals surface area contributed by atoms with E-state index in [9.17, 15) is 4.39 Å². The Hall–Kier alpha value is -0.750. The Morgan fingerprint density at radius 1 is 1.59 bits per heavy atom. The van der Waals surface area contributed by atoms with Crippen molar-refractivity contribution in [3.8, 4) is 0 Å². The summed E-state index contributed by atoms with van der Waals surface area (Å²) in [5.74, 6) is 0.402. The van der Waals surface area contributed by atoms with Crippen molar-refractivity contribution in [2.75, 3.05) is 5.75 Å². The van der Waals surface area contributed by atoms with Gasteiger partial charge in [0.15, 0.2) is 11.7 Å². The minimum Gasteiger partial charge on any atom is -0.409 e. The van der Waals surface area contributed by atoms with E-state index in [2.05, 4.69) is 28.0 Å². The molecule has 0 fully saturated rings. The van der Waals surface area contributed by atoms with Gasteiger partial charge in [0.2, 0.25) is 0 Å². The number of thioether (sulfide) groups is 1. The van der Waals surface area contributed by atoms with Crippen molar-refractivity contribution in [1.29, 1.82) is 0 Å². The molecule has 0 radical (unpaired) electrons. The highest BCUT2D eigenvalue weighted by atomic mass is 79.9. The van der Waals surface area contributed by atoms with Crippen LogP contribution in [-0.4, -0.2) is 16.8 Å². The molecule has 0 unspecified atom stereocenters. The van der Waals surface area contributed by atoms with Gasteiger partial charge in [-0.3, -0.25) is 0 Å². The molecule has 1 aromatic rings. The number of halogens is 2. The molecule has 0 atom stereocenters. The van der Waals surface area contributed by atoms with Crippen molar-refractivity contribution in [3.63, 3.8) is 0 Å². The lowest BCUT2D eigenvalue weighted by Crippen LogP contribution is -2.14. The van der Waals surface area contributed by atoms with E-state index in [4.69, 9.17) is 10.9 Å². The summed E-state index contributed by atoms with van der Waals surface area (Å²) in [4.78, 5) is 0.569. The van der Waals surface area contributed by atoms with Crippen LogP contribution in [-0.2, 0) is 0 Å². The first-order valence-electron chi connectivity index (χ1n) is 5.20. The second-order valence-corrected chi connectivity index (χ2v) is 5.36. The Morgan fingerprint density at radius 3 is 2.88 bits per heavy atom. The fourth-order valence-electron chi connectivity index (χ4n) is 1.22. The summed E-state index contributed by atoms with van der Waals surface area (Å²) in [5, 5.41) is 11.4. The van der Waals surface area contributed by atoms with Crippen LogP contribution in [0, 0.1) is 5.82 Å². The lowest BCUT2D eigenvalue weighted by Gasteiger charge is -2.08. The molecule has 3 N–H and O–H groups in total. The second-order valence-electron chi connectivity index (χ2n) is 3.43. The Morgan fingerprint density at radius 2 is 2.29 bits per heavy atom. The Kier molecular flexibility index (Phi) is 5.77. The van der Waals surface area contributed by atoms with Crippen LogP contribution in [0.1, 0.15) is 25.3 Å². The summed E-state index contributed by atoms with van der Waals surface area (Å²) in [5.41, 5.74) is 5.78. The summed E-state index contributed by atoms with van der Waals surface area (Å²) in [6, 6.07) is 3.28. The number of nitrogens with two attached hydrogens (primary N) is 1. The molecule has 1 aromatic carbocycles. The van der Waals surface area contributed by atoms with Gasteiger partial charge in [0.1, 0.15) is 0 Å². The van der Waals surface area contributed by atoms with Crippen LogP contribution < -0.4 is 5.73 Å². The number of hydrogen-bond donors (Lipinski definition) is 2. The Bertz CT molecular complexity index is 426. The molecule has 0 saturated carbocycles. The lowest BCUT2D eigenvalue weighted by atomic mass is 10.2. The van der Waals surface area contributed by atoms with Crippen molar-refractivity contribution >= 4 is 33.5 Å². The second kappa shape index (κ2) is 6.86. The van der Waals surface area contributed by atoms with Crippen molar-refractivity contribution < 1.29 is 9.60 Å². The molecule has 6 heteroatoms. The predicted octanol–water partition coefficient (Wildman–Crippen LogP) is 3.57. The molecular weight excluding hydrogens is 307 g/mol. The maximum absolute atomic E-state index is 13.9. The van der Waals surface area contributed by atoms with E-state index in [0.717, 1.165) is 18.6 Å². The molecular formula is C11H14BrFN2OS. The third-order valence-corrected chi connectivity index (χ3v) is 4.08. The Labute approximate surface area is 112 Å². The third kappa shape index (κ3) is 3.61. The van der Waals surface area contributed by atoms with Crippen LogP contribution in [0.25, 0.3) is 0 Å². The van der Waals surface area contributed by atoms with Gasteiger partial charge in [-0.1, -0.05) is 18.5 Å². The lowest BCUT2D eigenvalue weighted by molar-refractivity contribution is 0.318. The monoisotopic (exact) mass is 320 g/mol. The molecule has 0 amide bonds. The summed E-state index contributed by atoms with van der Waals surface area (Å²) in [7, 11) is 0. The summed E-state index contributed by atoms with van der Waals surface area (Å²) in [6.07, 6.45) is 2.13. The quantitative estimate of drug-likeness (QED) is 0.218. The van der Waals surface area contributed by atoms with Gasteiger partial charge in [-0.15, -0.1) is 11.8 Å². The van der Waals surface area contributed by atoms with Crippen molar-refractivity contribution in [1.82, 2.24) is 0 Å². The average Bonchev–Trinajstić information content (AvgIpc) is 2.34. The number of unbranched alkanes of at least 4 members (excludes halogenated alkanes) is 1. The van der Waals surface area contributed by atoms with Gasteiger partial charge < -0.3 is 10.9 Å². The number of oxime groups is 1. The third-order valence-electron chi connectivity index (χ3n) is 2.19.